The number of benzene rings is 1. The number of hydrogen-bond acceptors (Lipinski definition) is 3. The maximum atomic E-state index is 6.01. The molecule has 1 fully saturated rings. The summed E-state index contributed by atoms with van der Waals surface area (Å²) in [5, 5.41) is 4.80. The fourth-order valence-electron chi connectivity index (χ4n) is 2.30. The maximum Gasteiger partial charge on any atom is 0.214 e. The van der Waals surface area contributed by atoms with Crippen molar-refractivity contribution in [1.29, 1.82) is 0 Å². The van der Waals surface area contributed by atoms with Crippen LogP contribution < -0.4 is 10.1 Å². The highest BCUT2D eigenvalue weighted by atomic mass is 16.5. The predicted octanol–water partition coefficient (Wildman–Crippen LogP) is 3.91. The van der Waals surface area contributed by atoms with E-state index in [1.807, 2.05) is 6.07 Å². The van der Waals surface area contributed by atoms with E-state index in [1.165, 1.54) is 23.8 Å². The van der Waals surface area contributed by atoms with Gasteiger partial charge in [-0.1, -0.05) is 32.0 Å². The van der Waals surface area contributed by atoms with E-state index in [2.05, 4.69) is 55.3 Å². The summed E-state index contributed by atoms with van der Waals surface area (Å²) in [6.45, 7) is 7.33. The number of nitrogens with one attached hydrogen (secondary N) is 1. The van der Waals surface area contributed by atoms with Crippen LogP contribution in [0.15, 0.2) is 30.3 Å². The van der Waals surface area contributed by atoms with Crippen LogP contribution in [0.2, 0.25) is 0 Å². The van der Waals surface area contributed by atoms with Crippen LogP contribution >= 0.6 is 0 Å². The van der Waals surface area contributed by atoms with Crippen LogP contribution in [0.1, 0.15) is 39.2 Å². The molecule has 1 N–H and O–H groups in total. The normalized spacial score (nSPS) is 16.4. The van der Waals surface area contributed by atoms with Gasteiger partial charge in [0.25, 0.3) is 0 Å². The molecule has 0 radical (unpaired) electrons. The second kappa shape index (κ2) is 6.02. The molecule has 2 aromatic rings. The molecule has 0 saturated heterocycles. The zero-order chi connectivity index (χ0) is 14.8. The number of ether oxygens (including phenoxy) is 1. The second-order valence-electron chi connectivity index (χ2n) is 6.36. The van der Waals surface area contributed by atoms with Gasteiger partial charge in [-0.25, -0.2) is 4.98 Å². The number of rotatable bonds is 6. The minimum atomic E-state index is 0.169. The Labute approximate surface area is 126 Å². The summed E-state index contributed by atoms with van der Waals surface area (Å²) in [7, 11) is 0. The average molecular weight is 284 g/mol. The predicted molar refractivity (Wildman–Crippen MR) is 86.5 cm³/mol. The molecule has 21 heavy (non-hydrogen) atoms. The van der Waals surface area contributed by atoms with Crippen molar-refractivity contribution in [2.24, 2.45) is 5.92 Å². The molecule has 1 aliphatic rings. The molecule has 1 atom stereocenters. The van der Waals surface area contributed by atoms with Gasteiger partial charge in [0, 0.05) is 24.0 Å². The van der Waals surface area contributed by atoms with E-state index in [-0.39, 0.29) is 6.10 Å². The second-order valence-corrected chi connectivity index (χ2v) is 6.36. The lowest BCUT2D eigenvalue weighted by molar-refractivity contribution is 0.164. The van der Waals surface area contributed by atoms with E-state index in [1.54, 1.807) is 0 Å². The van der Waals surface area contributed by atoms with Crippen molar-refractivity contribution in [3.63, 3.8) is 0 Å². The fraction of sp³-hybridized carbons (Fsp3) is 0.500. The van der Waals surface area contributed by atoms with Gasteiger partial charge in [0.15, 0.2) is 0 Å². The summed E-state index contributed by atoms with van der Waals surface area (Å²) in [5.74, 6) is 1.22. The number of nitrogens with zero attached hydrogens (tertiary/aromatic N) is 1. The molecule has 1 saturated carbocycles. The molecule has 0 aliphatic heterocycles. The standard InChI is InChI=1S/C18H24N2O/c1-12(2)13(3)21-18-10-14(11-19-15-8-9-15)16-6-4-5-7-17(16)20-18/h4-7,10,12-13,15,19H,8-9,11H2,1-3H3. The van der Waals surface area contributed by atoms with Crippen LogP contribution in [0, 0.1) is 5.92 Å². The first-order chi connectivity index (χ1) is 10.1. The average Bonchev–Trinajstić information content (AvgIpc) is 3.28. The Balaban J connectivity index is 1.89. The lowest BCUT2D eigenvalue weighted by atomic mass is 10.1. The molecule has 3 rings (SSSR count). The van der Waals surface area contributed by atoms with E-state index in [4.69, 9.17) is 4.74 Å². The first kappa shape index (κ1) is 14.3. The third kappa shape index (κ3) is 3.53. The summed E-state index contributed by atoms with van der Waals surface area (Å²) < 4.78 is 6.01. The molecule has 1 heterocycles. The van der Waals surface area contributed by atoms with Crippen LogP contribution in [-0.2, 0) is 6.54 Å². The molecule has 1 unspecified atom stereocenters. The number of aromatic nitrogens is 1. The Morgan fingerprint density at radius 1 is 1.24 bits per heavy atom. The van der Waals surface area contributed by atoms with Gasteiger partial charge >= 0.3 is 0 Å². The van der Waals surface area contributed by atoms with E-state index < -0.39 is 0 Å². The third-order valence-electron chi connectivity index (χ3n) is 4.18. The van der Waals surface area contributed by atoms with Crippen LogP contribution in [0.5, 0.6) is 5.88 Å². The van der Waals surface area contributed by atoms with Gasteiger partial charge in [0.1, 0.15) is 0 Å². The Hall–Kier alpha value is -1.61. The van der Waals surface area contributed by atoms with Crippen LogP contribution in [0.4, 0.5) is 0 Å². The highest BCUT2D eigenvalue weighted by Gasteiger charge is 2.20. The number of hydrogen-bond donors (Lipinski definition) is 1. The van der Waals surface area contributed by atoms with E-state index >= 15 is 0 Å². The fourth-order valence-corrected chi connectivity index (χ4v) is 2.30. The Morgan fingerprint density at radius 2 is 2.00 bits per heavy atom. The van der Waals surface area contributed by atoms with E-state index in [9.17, 15) is 0 Å². The molecular formula is C18H24N2O. The van der Waals surface area contributed by atoms with Crippen LogP contribution in [0.3, 0.4) is 0 Å². The smallest absolute Gasteiger partial charge is 0.214 e. The first-order valence-electron chi connectivity index (χ1n) is 7.92. The molecule has 3 nitrogen and oxygen atoms in total. The number of fused-ring (bicyclic) bond motifs is 1. The lowest BCUT2D eigenvalue weighted by Crippen LogP contribution is -2.20. The molecule has 0 amide bonds. The Bertz CT molecular complexity index is 620. The third-order valence-corrected chi connectivity index (χ3v) is 4.18. The molecule has 1 aromatic heterocycles. The summed E-state index contributed by atoms with van der Waals surface area (Å²) >= 11 is 0. The quantitative estimate of drug-likeness (QED) is 0.873. The first-order valence-corrected chi connectivity index (χ1v) is 7.92. The van der Waals surface area contributed by atoms with E-state index in [0.29, 0.717) is 12.0 Å². The van der Waals surface area contributed by atoms with Crippen molar-refractivity contribution < 1.29 is 4.74 Å². The zero-order valence-corrected chi connectivity index (χ0v) is 13.1. The van der Waals surface area contributed by atoms with Gasteiger partial charge in [-0.05, 0) is 37.3 Å². The molecule has 3 heteroatoms. The van der Waals surface area contributed by atoms with Crippen molar-refractivity contribution in [1.82, 2.24) is 10.3 Å². The van der Waals surface area contributed by atoms with Crippen molar-refractivity contribution in [3.8, 4) is 5.88 Å². The molecule has 1 aliphatic carbocycles. The van der Waals surface area contributed by atoms with Crippen LogP contribution in [-0.4, -0.2) is 17.1 Å². The highest BCUT2D eigenvalue weighted by molar-refractivity contribution is 5.82. The van der Waals surface area contributed by atoms with Gasteiger partial charge in [0.2, 0.25) is 5.88 Å². The van der Waals surface area contributed by atoms with Gasteiger partial charge in [-0.15, -0.1) is 0 Å². The molecule has 0 spiro atoms. The monoisotopic (exact) mass is 284 g/mol. The zero-order valence-electron chi connectivity index (χ0n) is 13.1. The van der Waals surface area contributed by atoms with Crippen molar-refractivity contribution in [3.05, 3.63) is 35.9 Å². The van der Waals surface area contributed by atoms with Crippen molar-refractivity contribution >= 4 is 10.9 Å². The molecule has 112 valence electrons. The Kier molecular flexibility index (Phi) is 4.11. The number of para-hydroxylation sites is 1. The van der Waals surface area contributed by atoms with Gasteiger partial charge in [-0.2, -0.15) is 0 Å². The SMILES string of the molecule is CC(C)C(C)Oc1cc(CNC2CC2)c2ccccc2n1. The topological polar surface area (TPSA) is 34.1 Å². The largest absolute Gasteiger partial charge is 0.474 e. The highest BCUT2D eigenvalue weighted by Crippen LogP contribution is 2.25. The number of pyridine rings is 1. The minimum absolute atomic E-state index is 0.169. The minimum Gasteiger partial charge on any atom is -0.474 e. The van der Waals surface area contributed by atoms with Gasteiger partial charge in [0.05, 0.1) is 11.6 Å². The summed E-state index contributed by atoms with van der Waals surface area (Å²) in [6, 6.07) is 11.1. The van der Waals surface area contributed by atoms with Crippen LogP contribution in [0.25, 0.3) is 10.9 Å². The maximum absolute atomic E-state index is 6.01. The lowest BCUT2D eigenvalue weighted by Gasteiger charge is -2.18. The molecule has 1 aromatic carbocycles. The van der Waals surface area contributed by atoms with Crippen molar-refractivity contribution in [2.45, 2.75) is 52.3 Å². The van der Waals surface area contributed by atoms with Crippen molar-refractivity contribution in [2.75, 3.05) is 0 Å². The summed E-state index contributed by atoms with van der Waals surface area (Å²) in [4.78, 5) is 4.65. The van der Waals surface area contributed by atoms with Gasteiger partial charge < -0.3 is 10.1 Å². The van der Waals surface area contributed by atoms with Gasteiger partial charge in [-0.3, -0.25) is 0 Å². The van der Waals surface area contributed by atoms with E-state index in [0.717, 1.165) is 17.9 Å². The molecular weight excluding hydrogens is 260 g/mol. The summed E-state index contributed by atoms with van der Waals surface area (Å²) in [5.41, 5.74) is 2.29. The summed E-state index contributed by atoms with van der Waals surface area (Å²) in [6.07, 6.45) is 2.77. The molecule has 0 bridgehead atoms. The Morgan fingerprint density at radius 3 is 2.71 bits per heavy atom.